The molecule has 1 aromatic rings. The minimum absolute atomic E-state index is 0.247. The SMILES string of the molecule is CCNC(=O)CC(=O)Oc1ccccc1. The molecule has 0 heterocycles. The molecule has 0 aromatic heterocycles. The summed E-state index contributed by atoms with van der Waals surface area (Å²) in [6.07, 6.45) is -0.247. The summed E-state index contributed by atoms with van der Waals surface area (Å²) in [6, 6.07) is 8.66. The zero-order valence-electron chi connectivity index (χ0n) is 8.53. The average Bonchev–Trinajstić information content (AvgIpc) is 2.19. The van der Waals surface area contributed by atoms with Crippen LogP contribution in [0.5, 0.6) is 5.75 Å². The fourth-order valence-corrected chi connectivity index (χ4v) is 1.05. The van der Waals surface area contributed by atoms with Crippen molar-refractivity contribution in [1.82, 2.24) is 5.32 Å². The maximum absolute atomic E-state index is 11.2. The predicted octanol–water partition coefficient (Wildman–Crippen LogP) is 1.12. The molecular formula is C11H13NO3. The summed E-state index contributed by atoms with van der Waals surface area (Å²) in [5.74, 6) is -0.419. The van der Waals surface area contributed by atoms with Crippen LogP contribution in [0, 0.1) is 0 Å². The molecule has 1 amide bonds. The predicted molar refractivity (Wildman–Crippen MR) is 55.4 cm³/mol. The Kier molecular flexibility index (Phi) is 4.34. The van der Waals surface area contributed by atoms with Gasteiger partial charge in [0.1, 0.15) is 12.2 Å². The highest BCUT2D eigenvalue weighted by atomic mass is 16.5. The molecule has 0 aliphatic carbocycles. The zero-order chi connectivity index (χ0) is 11.1. The van der Waals surface area contributed by atoms with Gasteiger partial charge in [0.15, 0.2) is 0 Å². The summed E-state index contributed by atoms with van der Waals surface area (Å²) in [7, 11) is 0. The molecule has 80 valence electrons. The van der Waals surface area contributed by atoms with Gasteiger partial charge in [0, 0.05) is 6.54 Å². The summed E-state index contributed by atoms with van der Waals surface area (Å²) in [5.41, 5.74) is 0. The van der Waals surface area contributed by atoms with Crippen molar-refractivity contribution in [2.45, 2.75) is 13.3 Å². The third-order valence-electron chi connectivity index (χ3n) is 1.65. The van der Waals surface area contributed by atoms with Crippen LogP contribution in [-0.2, 0) is 9.59 Å². The topological polar surface area (TPSA) is 55.4 Å². The van der Waals surface area contributed by atoms with E-state index in [4.69, 9.17) is 4.74 Å². The van der Waals surface area contributed by atoms with E-state index in [0.29, 0.717) is 12.3 Å². The van der Waals surface area contributed by atoms with Gasteiger partial charge in [0.2, 0.25) is 5.91 Å². The molecule has 0 unspecified atom stereocenters. The number of carbonyl (C=O) groups is 2. The van der Waals surface area contributed by atoms with Crippen molar-refractivity contribution >= 4 is 11.9 Å². The summed E-state index contributed by atoms with van der Waals surface area (Å²) in [5, 5.41) is 2.52. The van der Waals surface area contributed by atoms with Crippen molar-refractivity contribution in [3.05, 3.63) is 30.3 Å². The molecule has 1 N–H and O–H groups in total. The number of carbonyl (C=O) groups excluding carboxylic acids is 2. The monoisotopic (exact) mass is 207 g/mol. The molecule has 0 bridgehead atoms. The van der Waals surface area contributed by atoms with Crippen LogP contribution in [0.3, 0.4) is 0 Å². The van der Waals surface area contributed by atoms with Crippen molar-refractivity contribution < 1.29 is 14.3 Å². The van der Waals surface area contributed by atoms with Crippen molar-refractivity contribution in [3.8, 4) is 5.75 Å². The molecule has 1 aromatic carbocycles. The Hall–Kier alpha value is -1.84. The highest BCUT2D eigenvalue weighted by Gasteiger charge is 2.10. The van der Waals surface area contributed by atoms with Crippen LogP contribution in [0.25, 0.3) is 0 Å². The average molecular weight is 207 g/mol. The molecule has 0 saturated carbocycles. The normalized spacial score (nSPS) is 9.40. The van der Waals surface area contributed by atoms with E-state index in [2.05, 4.69) is 5.32 Å². The minimum atomic E-state index is -0.549. The van der Waals surface area contributed by atoms with Gasteiger partial charge in [-0.1, -0.05) is 18.2 Å². The van der Waals surface area contributed by atoms with E-state index in [1.807, 2.05) is 6.07 Å². The fourth-order valence-electron chi connectivity index (χ4n) is 1.05. The van der Waals surface area contributed by atoms with E-state index in [-0.39, 0.29) is 12.3 Å². The second kappa shape index (κ2) is 5.80. The standard InChI is InChI=1S/C11H13NO3/c1-2-12-10(13)8-11(14)15-9-6-4-3-5-7-9/h3-7H,2,8H2,1H3,(H,12,13). The Morgan fingerprint density at radius 1 is 1.27 bits per heavy atom. The van der Waals surface area contributed by atoms with Crippen LogP contribution >= 0.6 is 0 Å². The summed E-state index contributed by atoms with van der Waals surface area (Å²) >= 11 is 0. The first-order chi connectivity index (χ1) is 7.22. The van der Waals surface area contributed by atoms with Gasteiger partial charge in [0.25, 0.3) is 0 Å². The van der Waals surface area contributed by atoms with Crippen LogP contribution in [0.15, 0.2) is 30.3 Å². The molecule has 0 fully saturated rings. The lowest BCUT2D eigenvalue weighted by Gasteiger charge is -2.03. The lowest BCUT2D eigenvalue weighted by atomic mass is 10.3. The van der Waals surface area contributed by atoms with Gasteiger partial charge in [-0.15, -0.1) is 0 Å². The Balaban J connectivity index is 2.40. The van der Waals surface area contributed by atoms with E-state index in [0.717, 1.165) is 0 Å². The number of benzene rings is 1. The lowest BCUT2D eigenvalue weighted by molar-refractivity contribution is -0.138. The maximum Gasteiger partial charge on any atom is 0.320 e. The Bertz CT molecular complexity index is 335. The van der Waals surface area contributed by atoms with Crippen molar-refractivity contribution in [2.75, 3.05) is 6.54 Å². The molecule has 15 heavy (non-hydrogen) atoms. The third kappa shape index (κ3) is 4.26. The molecule has 0 atom stereocenters. The maximum atomic E-state index is 11.2. The van der Waals surface area contributed by atoms with Crippen molar-refractivity contribution in [3.63, 3.8) is 0 Å². The molecule has 0 radical (unpaired) electrons. The number of rotatable bonds is 4. The highest BCUT2D eigenvalue weighted by Crippen LogP contribution is 2.08. The van der Waals surface area contributed by atoms with E-state index < -0.39 is 5.97 Å². The number of nitrogens with one attached hydrogen (secondary N) is 1. The first kappa shape index (κ1) is 11.2. The molecule has 1 rings (SSSR count). The molecule has 4 nitrogen and oxygen atoms in total. The van der Waals surface area contributed by atoms with Gasteiger partial charge in [0.05, 0.1) is 0 Å². The lowest BCUT2D eigenvalue weighted by Crippen LogP contribution is -2.26. The Labute approximate surface area is 88.2 Å². The number of esters is 1. The molecule has 0 spiro atoms. The Morgan fingerprint density at radius 3 is 2.53 bits per heavy atom. The van der Waals surface area contributed by atoms with Crippen LogP contribution in [0.2, 0.25) is 0 Å². The first-order valence-electron chi connectivity index (χ1n) is 4.74. The van der Waals surface area contributed by atoms with Gasteiger partial charge in [-0.05, 0) is 19.1 Å². The third-order valence-corrected chi connectivity index (χ3v) is 1.65. The zero-order valence-corrected chi connectivity index (χ0v) is 8.53. The summed E-state index contributed by atoms with van der Waals surface area (Å²) in [4.78, 5) is 22.2. The van der Waals surface area contributed by atoms with E-state index in [9.17, 15) is 9.59 Å². The number of ether oxygens (including phenoxy) is 1. The van der Waals surface area contributed by atoms with Crippen molar-refractivity contribution in [2.24, 2.45) is 0 Å². The van der Waals surface area contributed by atoms with Crippen LogP contribution in [0.1, 0.15) is 13.3 Å². The van der Waals surface area contributed by atoms with E-state index in [1.165, 1.54) is 0 Å². The minimum Gasteiger partial charge on any atom is -0.426 e. The largest absolute Gasteiger partial charge is 0.426 e. The molecule has 0 aliphatic heterocycles. The second-order valence-electron chi connectivity index (χ2n) is 2.92. The van der Waals surface area contributed by atoms with Gasteiger partial charge in [-0.2, -0.15) is 0 Å². The second-order valence-corrected chi connectivity index (χ2v) is 2.92. The molecular weight excluding hydrogens is 194 g/mol. The number of para-hydroxylation sites is 1. The first-order valence-corrected chi connectivity index (χ1v) is 4.74. The highest BCUT2D eigenvalue weighted by molar-refractivity contribution is 5.95. The summed E-state index contributed by atoms with van der Waals surface area (Å²) in [6.45, 7) is 2.30. The molecule has 0 saturated heterocycles. The van der Waals surface area contributed by atoms with Crippen LogP contribution in [-0.4, -0.2) is 18.4 Å². The smallest absolute Gasteiger partial charge is 0.320 e. The van der Waals surface area contributed by atoms with Gasteiger partial charge in [-0.25, -0.2) is 0 Å². The number of hydrogen-bond donors (Lipinski definition) is 1. The van der Waals surface area contributed by atoms with Gasteiger partial charge >= 0.3 is 5.97 Å². The van der Waals surface area contributed by atoms with Gasteiger partial charge in [-0.3, -0.25) is 9.59 Å². The number of amides is 1. The fraction of sp³-hybridized carbons (Fsp3) is 0.273. The number of hydrogen-bond acceptors (Lipinski definition) is 3. The quantitative estimate of drug-likeness (QED) is 0.457. The van der Waals surface area contributed by atoms with Crippen LogP contribution in [0.4, 0.5) is 0 Å². The van der Waals surface area contributed by atoms with Gasteiger partial charge < -0.3 is 10.1 Å². The van der Waals surface area contributed by atoms with E-state index in [1.54, 1.807) is 31.2 Å². The summed E-state index contributed by atoms with van der Waals surface area (Å²) < 4.78 is 4.93. The van der Waals surface area contributed by atoms with Crippen molar-refractivity contribution in [1.29, 1.82) is 0 Å². The molecule has 0 aliphatic rings. The van der Waals surface area contributed by atoms with E-state index >= 15 is 0 Å². The molecule has 4 heteroatoms. The van der Waals surface area contributed by atoms with Crippen LogP contribution < -0.4 is 10.1 Å². The Morgan fingerprint density at radius 2 is 1.93 bits per heavy atom.